The van der Waals surface area contributed by atoms with Crippen molar-refractivity contribution in [3.8, 4) is 0 Å². The van der Waals surface area contributed by atoms with Crippen LogP contribution in [0.5, 0.6) is 0 Å². The lowest BCUT2D eigenvalue weighted by Gasteiger charge is -2.04. The second-order valence-electron chi connectivity index (χ2n) is 3.84. The van der Waals surface area contributed by atoms with Crippen LogP contribution in [-0.2, 0) is 0 Å². The maximum Gasteiger partial charge on any atom is 0.265 e. The molecule has 1 heterocycles. The van der Waals surface area contributed by atoms with Crippen LogP contribution in [0.4, 0.5) is 5.69 Å². The Hall–Kier alpha value is -1.18. The number of halogens is 2. The van der Waals surface area contributed by atoms with Gasteiger partial charge in [0.2, 0.25) is 0 Å². The molecule has 0 spiro atoms. The number of nitrogens with one attached hydrogen (secondary N) is 2. The second kappa shape index (κ2) is 6.51. The molecule has 2 rings (SSSR count). The topological polar surface area (TPSA) is 58.2 Å². The third kappa shape index (κ3) is 3.47. The zero-order chi connectivity index (χ0) is 14.7. The minimum atomic E-state index is -0.186. The molecule has 0 aliphatic rings. The molecule has 104 valence electrons. The van der Waals surface area contributed by atoms with Crippen molar-refractivity contribution in [3.05, 3.63) is 49.0 Å². The van der Waals surface area contributed by atoms with E-state index in [1.807, 2.05) is 0 Å². The average molecular weight is 418 g/mol. The summed E-state index contributed by atoms with van der Waals surface area (Å²) in [5.41, 5.74) is 1.19. The smallest absolute Gasteiger partial charge is 0.265 e. The van der Waals surface area contributed by atoms with Gasteiger partial charge in [-0.05, 0) is 62.2 Å². The van der Waals surface area contributed by atoms with Gasteiger partial charge in [0.05, 0.1) is 8.66 Å². The van der Waals surface area contributed by atoms with Crippen molar-refractivity contribution in [2.45, 2.75) is 0 Å². The number of hydrogen-bond acceptors (Lipinski definition) is 3. The zero-order valence-corrected chi connectivity index (χ0v) is 14.4. The van der Waals surface area contributed by atoms with E-state index < -0.39 is 0 Å². The normalized spacial score (nSPS) is 10.2. The predicted molar refractivity (Wildman–Crippen MR) is 87.5 cm³/mol. The summed E-state index contributed by atoms with van der Waals surface area (Å²) in [6, 6.07) is 8.47. The van der Waals surface area contributed by atoms with E-state index in [9.17, 15) is 9.59 Å². The van der Waals surface area contributed by atoms with Crippen LogP contribution in [0.25, 0.3) is 0 Å². The minimum absolute atomic E-state index is 0.158. The van der Waals surface area contributed by atoms with Gasteiger partial charge in [-0.1, -0.05) is 0 Å². The van der Waals surface area contributed by atoms with Gasteiger partial charge in [0, 0.05) is 22.8 Å². The van der Waals surface area contributed by atoms with E-state index in [0.29, 0.717) is 16.1 Å². The number of amides is 2. The highest BCUT2D eigenvalue weighted by Crippen LogP contribution is 2.32. The Morgan fingerprint density at radius 2 is 1.75 bits per heavy atom. The first kappa shape index (κ1) is 15.2. The maximum absolute atomic E-state index is 12.0. The Kier molecular flexibility index (Phi) is 4.95. The summed E-state index contributed by atoms with van der Waals surface area (Å²) in [6.07, 6.45) is 0. The molecule has 7 heteroatoms. The number of anilines is 1. The summed E-state index contributed by atoms with van der Waals surface area (Å²) in [5.74, 6) is -0.344. The van der Waals surface area contributed by atoms with E-state index in [4.69, 9.17) is 0 Å². The maximum atomic E-state index is 12.0. The minimum Gasteiger partial charge on any atom is -0.355 e. The van der Waals surface area contributed by atoms with Crippen LogP contribution in [0.3, 0.4) is 0 Å². The van der Waals surface area contributed by atoms with Crippen molar-refractivity contribution >= 4 is 60.7 Å². The standard InChI is InChI=1S/C13H10Br2N2O2S/c1-16-12(18)7-2-4-8(5-3-7)17-13(19)10-6-9(14)11(15)20-10/h2-6H,1H3,(H,16,18)(H,17,19). The summed E-state index contributed by atoms with van der Waals surface area (Å²) in [4.78, 5) is 24.0. The Balaban J connectivity index is 2.10. The highest BCUT2D eigenvalue weighted by molar-refractivity contribution is 9.13. The van der Waals surface area contributed by atoms with Crippen LogP contribution in [-0.4, -0.2) is 18.9 Å². The summed E-state index contributed by atoms with van der Waals surface area (Å²) in [6.45, 7) is 0. The Bertz CT molecular complexity index is 633. The second-order valence-corrected chi connectivity index (χ2v) is 7.07. The van der Waals surface area contributed by atoms with E-state index in [1.165, 1.54) is 11.3 Å². The van der Waals surface area contributed by atoms with Gasteiger partial charge in [0.25, 0.3) is 11.8 Å². The molecule has 0 radical (unpaired) electrons. The van der Waals surface area contributed by atoms with Crippen LogP contribution < -0.4 is 10.6 Å². The lowest BCUT2D eigenvalue weighted by atomic mass is 10.2. The summed E-state index contributed by atoms with van der Waals surface area (Å²) < 4.78 is 1.72. The third-order valence-corrected chi connectivity index (χ3v) is 5.76. The molecule has 0 aliphatic heterocycles. The van der Waals surface area contributed by atoms with Gasteiger partial charge >= 0.3 is 0 Å². The Morgan fingerprint density at radius 1 is 1.10 bits per heavy atom. The number of carbonyl (C=O) groups is 2. The van der Waals surface area contributed by atoms with Gasteiger partial charge in [0.15, 0.2) is 0 Å². The predicted octanol–water partition coefficient (Wildman–Crippen LogP) is 3.89. The van der Waals surface area contributed by atoms with Gasteiger partial charge in [-0.3, -0.25) is 9.59 Å². The first-order chi connectivity index (χ1) is 9.51. The van der Waals surface area contributed by atoms with E-state index in [0.717, 1.165) is 8.26 Å². The SMILES string of the molecule is CNC(=O)c1ccc(NC(=O)c2cc(Br)c(Br)s2)cc1. The largest absolute Gasteiger partial charge is 0.355 e. The van der Waals surface area contributed by atoms with Crippen molar-refractivity contribution in [2.75, 3.05) is 12.4 Å². The summed E-state index contributed by atoms with van der Waals surface area (Å²) in [5, 5.41) is 5.32. The quantitative estimate of drug-likeness (QED) is 0.795. The van der Waals surface area contributed by atoms with Gasteiger partial charge in [0.1, 0.15) is 0 Å². The number of rotatable bonds is 3. The molecule has 2 amide bonds. The number of carbonyl (C=O) groups excluding carboxylic acids is 2. The fourth-order valence-corrected chi connectivity index (χ4v) is 3.43. The van der Waals surface area contributed by atoms with Crippen molar-refractivity contribution in [3.63, 3.8) is 0 Å². The van der Waals surface area contributed by atoms with Crippen LogP contribution in [0.15, 0.2) is 38.6 Å². The molecule has 0 fully saturated rings. The number of thiophene rings is 1. The molecule has 2 aromatic rings. The van der Waals surface area contributed by atoms with Crippen molar-refractivity contribution in [2.24, 2.45) is 0 Å². The number of benzene rings is 1. The van der Waals surface area contributed by atoms with Gasteiger partial charge in [-0.25, -0.2) is 0 Å². The fraction of sp³-hybridized carbons (Fsp3) is 0.0769. The molecule has 0 atom stereocenters. The van der Waals surface area contributed by atoms with E-state index in [1.54, 1.807) is 37.4 Å². The van der Waals surface area contributed by atoms with E-state index in [-0.39, 0.29) is 11.8 Å². The summed E-state index contributed by atoms with van der Waals surface area (Å²) >= 11 is 8.04. The highest BCUT2D eigenvalue weighted by Gasteiger charge is 2.12. The van der Waals surface area contributed by atoms with Crippen molar-refractivity contribution in [1.29, 1.82) is 0 Å². The molecule has 2 N–H and O–H groups in total. The molecule has 0 bridgehead atoms. The van der Waals surface area contributed by atoms with Crippen LogP contribution >= 0.6 is 43.2 Å². The Morgan fingerprint density at radius 3 is 2.25 bits per heavy atom. The van der Waals surface area contributed by atoms with E-state index in [2.05, 4.69) is 42.5 Å². The number of hydrogen-bond donors (Lipinski definition) is 2. The van der Waals surface area contributed by atoms with Gasteiger partial charge in [-0.15, -0.1) is 11.3 Å². The molecule has 4 nitrogen and oxygen atoms in total. The van der Waals surface area contributed by atoms with Crippen LogP contribution in [0, 0.1) is 0 Å². The summed E-state index contributed by atoms with van der Waals surface area (Å²) in [7, 11) is 1.57. The monoisotopic (exact) mass is 416 g/mol. The molecule has 0 saturated heterocycles. The fourth-order valence-electron chi connectivity index (χ4n) is 1.50. The van der Waals surface area contributed by atoms with Crippen LogP contribution in [0.2, 0.25) is 0 Å². The lowest BCUT2D eigenvalue weighted by molar-refractivity contribution is 0.0962. The Labute approximate surface area is 136 Å². The van der Waals surface area contributed by atoms with Crippen molar-refractivity contribution in [1.82, 2.24) is 5.32 Å². The molecule has 1 aromatic carbocycles. The van der Waals surface area contributed by atoms with E-state index >= 15 is 0 Å². The van der Waals surface area contributed by atoms with Crippen molar-refractivity contribution < 1.29 is 9.59 Å². The molecule has 0 saturated carbocycles. The molecular formula is C13H10Br2N2O2S. The first-order valence-corrected chi connectivity index (χ1v) is 8.00. The molecule has 20 heavy (non-hydrogen) atoms. The lowest BCUT2D eigenvalue weighted by Crippen LogP contribution is -2.17. The molecular weight excluding hydrogens is 408 g/mol. The van der Waals surface area contributed by atoms with Crippen LogP contribution in [0.1, 0.15) is 20.0 Å². The van der Waals surface area contributed by atoms with Gasteiger partial charge < -0.3 is 10.6 Å². The zero-order valence-electron chi connectivity index (χ0n) is 10.4. The molecule has 0 aliphatic carbocycles. The molecule has 1 aromatic heterocycles. The molecule has 0 unspecified atom stereocenters. The third-order valence-electron chi connectivity index (χ3n) is 2.50. The van der Waals surface area contributed by atoms with Gasteiger partial charge in [-0.2, -0.15) is 0 Å². The first-order valence-electron chi connectivity index (χ1n) is 5.59. The average Bonchev–Trinajstić information content (AvgIpc) is 2.79. The highest BCUT2D eigenvalue weighted by atomic mass is 79.9.